The van der Waals surface area contributed by atoms with Crippen molar-refractivity contribution in [3.8, 4) is 0 Å². The van der Waals surface area contributed by atoms with Crippen molar-refractivity contribution in [1.29, 1.82) is 0 Å². The second-order valence-corrected chi connectivity index (χ2v) is 3.75. The van der Waals surface area contributed by atoms with Gasteiger partial charge in [-0.1, -0.05) is 22.9 Å². The SMILES string of the molecule is CC(=O)C1(C)CC1Br. The molecule has 0 N–H and O–H groups in total. The monoisotopic (exact) mass is 176 g/mol. The lowest BCUT2D eigenvalue weighted by Gasteiger charge is -1.99. The van der Waals surface area contributed by atoms with E-state index in [1.165, 1.54) is 0 Å². The molecule has 1 aliphatic rings. The van der Waals surface area contributed by atoms with E-state index >= 15 is 0 Å². The Labute approximate surface area is 57.6 Å². The smallest absolute Gasteiger partial charge is 0.136 e. The molecule has 0 aromatic carbocycles. The number of hydrogen-bond donors (Lipinski definition) is 0. The molecule has 8 heavy (non-hydrogen) atoms. The zero-order chi connectivity index (χ0) is 6.36. The first kappa shape index (κ1) is 6.27. The van der Waals surface area contributed by atoms with Crippen LogP contribution in [-0.2, 0) is 4.79 Å². The van der Waals surface area contributed by atoms with Crippen LogP contribution in [0.3, 0.4) is 0 Å². The number of carbonyl (C=O) groups excluding carboxylic acids is 1. The van der Waals surface area contributed by atoms with Crippen molar-refractivity contribution >= 4 is 21.7 Å². The summed E-state index contributed by atoms with van der Waals surface area (Å²) in [5.41, 5.74) is -0.0139. The van der Waals surface area contributed by atoms with Crippen LogP contribution in [0.15, 0.2) is 0 Å². The van der Waals surface area contributed by atoms with Crippen LogP contribution in [0.5, 0.6) is 0 Å². The third-order valence-corrected chi connectivity index (χ3v) is 3.27. The van der Waals surface area contributed by atoms with E-state index in [1.54, 1.807) is 6.92 Å². The summed E-state index contributed by atoms with van der Waals surface area (Å²) in [5.74, 6) is 0.305. The predicted molar refractivity (Wildman–Crippen MR) is 36.1 cm³/mol. The molecule has 0 radical (unpaired) electrons. The minimum atomic E-state index is -0.0139. The highest BCUT2D eigenvalue weighted by atomic mass is 79.9. The molecule has 0 spiro atoms. The molecule has 0 aromatic heterocycles. The maximum absolute atomic E-state index is 10.7. The average molecular weight is 177 g/mol. The summed E-state index contributed by atoms with van der Waals surface area (Å²) in [6.45, 7) is 3.65. The Morgan fingerprint density at radius 3 is 2.25 bits per heavy atom. The number of Topliss-reactive ketones (excluding diaryl/α,β-unsaturated/α-hetero) is 1. The summed E-state index contributed by atoms with van der Waals surface area (Å²) >= 11 is 3.38. The zero-order valence-corrected chi connectivity index (χ0v) is 6.66. The second-order valence-electron chi connectivity index (χ2n) is 2.65. The van der Waals surface area contributed by atoms with E-state index < -0.39 is 0 Å². The molecule has 0 heterocycles. The fourth-order valence-electron chi connectivity index (χ4n) is 0.678. The molecule has 0 bridgehead atoms. The van der Waals surface area contributed by atoms with E-state index in [0.717, 1.165) is 6.42 Å². The van der Waals surface area contributed by atoms with E-state index in [-0.39, 0.29) is 5.41 Å². The molecule has 1 rings (SSSR count). The van der Waals surface area contributed by atoms with Gasteiger partial charge >= 0.3 is 0 Å². The van der Waals surface area contributed by atoms with Gasteiger partial charge in [-0.15, -0.1) is 0 Å². The van der Waals surface area contributed by atoms with Gasteiger partial charge in [-0.25, -0.2) is 0 Å². The fourth-order valence-corrected chi connectivity index (χ4v) is 1.67. The van der Waals surface area contributed by atoms with Crippen molar-refractivity contribution in [2.75, 3.05) is 0 Å². The van der Waals surface area contributed by atoms with Gasteiger partial charge in [0.25, 0.3) is 0 Å². The number of rotatable bonds is 1. The van der Waals surface area contributed by atoms with Crippen LogP contribution in [0.1, 0.15) is 20.3 Å². The summed E-state index contributed by atoms with van der Waals surface area (Å²) in [4.78, 5) is 11.2. The average Bonchev–Trinajstić information content (AvgIpc) is 2.17. The largest absolute Gasteiger partial charge is 0.299 e. The highest BCUT2D eigenvalue weighted by molar-refractivity contribution is 9.09. The standard InChI is InChI=1S/C6H9BrO/c1-4(8)6(2)3-5(6)7/h5H,3H2,1-2H3. The molecule has 2 heteroatoms. The first-order valence-corrected chi connectivity index (χ1v) is 3.64. The van der Waals surface area contributed by atoms with E-state index in [2.05, 4.69) is 15.9 Å². The molecule has 1 nitrogen and oxygen atoms in total. The lowest BCUT2D eigenvalue weighted by molar-refractivity contribution is -0.121. The molecule has 2 unspecified atom stereocenters. The van der Waals surface area contributed by atoms with Gasteiger partial charge in [-0.3, -0.25) is 4.79 Å². The van der Waals surface area contributed by atoms with Crippen LogP contribution in [0.25, 0.3) is 0 Å². The van der Waals surface area contributed by atoms with Gasteiger partial charge in [0.15, 0.2) is 0 Å². The maximum Gasteiger partial charge on any atom is 0.136 e. The molecule has 0 aliphatic heterocycles. The van der Waals surface area contributed by atoms with E-state index in [1.807, 2.05) is 6.92 Å². The van der Waals surface area contributed by atoms with Gasteiger partial charge in [-0.05, 0) is 13.3 Å². The maximum atomic E-state index is 10.7. The molecule has 1 saturated carbocycles. The summed E-state index contributed by atoms with van der Waals surface area (Å²) < 4.78 is 0. The summed E-state index contributed by atoms with van der Waals surface area (Å²) in [7, 11) is 0. The van der Waals surface area contributed by atoms with Crippen molar-refractivity contribution < 1.29 is 4.79 Å². The van der Waals surface area contributed by atoms with Crippen LogP contribution in [0, 0.1) is 5.41 Å². The van der Waals surface area contributed by atoms with E-state index in [0.29, 0.717) is 10.6 Å². The van der Waals surface area contributed by atoms with Crippen LogP contribution < -0.4 is 0 Å². The number of carbonyl (C=O) groups is 1. The molecule has 1 aliphatic carbocycles. The number of hydrogen-bond acceptors (Lipinski definition) is 1. The molecule has 2 atom stereocenters. The van der Waals surface area contributed by atoms with E-state index in [9.17, 15) is 4.79 Å². The summed E-state index contributed by atoms with van der Waals surface area (Å²) in [6.07, 6.45) is 1.02. The van der Waals surface area contributed by atoms with Crippen LogP contribution in [-0.4, -0.2) is 10.6 Å². The highest BCUT2D eigenvalue weighted by Crippen LogP contribution is 2.51. The Bertz CT molecular complexity index is 132. The molecule has 0 aromatic rings. The Hall–Kier alpha value is 0.150. The van der Waals surface area contributed by atoms with Gasteiger partial charge in [0.2, 0.25) is 0 Å². The lowest BCUT2D eigenvalue weighted by Crippen LogP contribution is -2.08. The second kappa shape index (κ2) is 1.56. The predicted octanol–water partition coefficient (Wildman–Crippen LogP) is 1.75. The molecular formula is C6H9BrO. The summed E-state index contributed by atoms with van der Waals surface area (Å²) in [6, 6.07) is 0. The minimum Gasteiger partial charge on any atom is -0.299 e. The van der Waals surface area contributed by atoms with Crippen LogP contribution in [0.2, 0.25) is 0 Å². The fraction of sp³-hybridized carbons (Fsp3) is 0.833. The molecule has 0 amide bonds. The van der Waals surface area contributed by atoms with Crippen molar-refractivity contribution in [3.05, 3.63) is 0 Å². The zero-order valence-electron chi connectivity index (χ0n) is 5.07. The number of ketones is 1. The first-order chi connectivity index (χ1) is 3.57. The van der Waals surface area contributed by atoms with Crippen molar-refractivity contribution in [1.82, 2.24) is 0 Å². The van der Waals surface area contributed by atoms with Gasteiger partial charge in [0.05, 0.1) is 0 Å². The number of alkyl halides is 1. The Balaban J connectivity index is 2.60. The van der Waals surface area contributed by atoms with Crippen LogP contribution >= 0.6 is 15.9 Å². The van der Waals surface area contributed by atoms with E-state index in [4.69, 9.17) is 0 Å². The van der Waals surface area contributed by atoms with Gasteiger partial charge in [0.1, 0.15) is 5.78 Å². The first-order valence-electron chi connectivity index (χ1n) is 2.72. The molecule has 0 saturated heterocycles. The third kappa shape index (κ3) is 0.711. The normalized spacial score (nSPS) is 44.1. The van der Waals surface area contributed by atoms with Crippen LogP contribution in [0.4, 0.5) is 0 Å². The number of halogens is 1. The van der Waals surface area contributed by atoms with Crippen molar-refractivity contribution in [3.63, 3.8) is 0 Å². The highest BCUT2D eigenvalue weighted by Gasteiger charge is 2.52. The van der Waals surface area contributed by atoms with Crippen molar-refractivity contribution in [2.24, 2.45) is 5.41 Å². The topological polar surface area (TPSA) is 17.1 Å². The van der Waals surface area contributed by atoms with Gasteiger partial charge in [0, 0.05) is 10.2 Å². The Morgan fingerprint density at radius 2 is 2.25 bits per heavy atom. The third-order valence-electron chi connectivity index (χ3n) is 1.94. The van der Waals surface area contributed by atoms with Gasteiger partial charge < -0.3 is 0 Å². The molecule has 46 valence electrons. The molecular weight excluding hydrogens is 168 g/mol. The molecule has 1 fully saturated rings. The lowest BCUT2D eigenvalue weighted by atomic mass is 10.1. The quantitative estimate of drug-likeness (QED) is 0.557. The van der Waals surface area contributed by atoms with Crippen molar-refractivity contribution in [2.45, 2.75) is 25.1 Å². The Morgan fingerprint density at radius 1 is 1.88 bits per heavy atom. The Kier molecular flexibility index (Phi) is 1.23. The summed E-state index contributed by atoms with van der Waals surface area (Å²) in [5, 5.41) is 0. The minimum absolute atomic E-state index is 0.0139. The van der Waals surface area contributed by atoms with Gasteiger partial charge in [-0.2, -0.15) is 0 Å².